The highest BCUT2D eigenvalue weighted by molar-refractivity contribution is 6.23. The number of amides is 2. The molecule has 3 aromatic carbocycles. The lowest BCUT2D eigenvalue weighted by Crippen LogP contribution is -2.29. The Balaban J connectivity index is 1.67. The lowest BCUT2D eigenvalue weighted by atomic mass is 10.1. The molecule has 1 N–H and O–H groups in total. The number of hydrogen-bond acceptors (Lipinski definition) is 3. The maximum atomic E-state index is 12.9. The molecule has 0 bridgehead atoms. The van der Waals surface area contributed by atoms with Crippen molar-refractivity contribution in [2.24, 2.45) is 0 Å². The van der Waals surface area contributed by atoms with Crippen LogP contribution in [-0.2, 0) is 6.54 Å². The lowest BCUT2D eigenvalue weighted by molar-refractivity contribution is 0.0642. The van der Waals surface area contributed by atoms with E-state index in [0.717, 1.165) is 11.3 Å². The summed E-state index contributed by atoms with van der Waals surface area (Å²) in [6, 6.07) is 24.4. The van der Waals surface area contributed by atoms with Crippen LogP contribution in [0.25, 0.3) is 0 Å². The summed E-state index contributed by atoms with van der Waals surface area (Å²) in [5.74, 6) is -0.511. The van der Waals surface area contributed by atoms with Gasteiger partial charge in [-0.3, -0.25) is 14.5 Å². The largest absolute Gasteiger partial charge is 0.355 e. The van der Waals surface area contributed by atoms with Gasteiger partial charge in [0, 0.05) is 5.69 Å². The van der Waals surface area contributed by atoms with Crippen LogP contribution >= 0.6 is 0 Å². The van der Waals surface area contributed by atoms with Crippen molar-refractivity contribution in [3.63, 3.8) is 0 Å². The fraction of sp³-hybridized carbons (Fsp3) is 0.0476. The van der Waals surface area contributed by atoms with Crippen molar-refractivity contribution in [1.82, 2.24) is 4.90 Å². The molecule has 122 valence electrons. The van der Waals surface area contributed by atoms with Gasteiger partial charge < -0.3 is 5.32 Å². The quantitative estimate of drug-likeness (QED) is 0.729. The number of nitrogens with one attached hydrogen (secondary N) is 1. The minimum atomic E-state index is -0.261. The van der Waals surface area contributed by atoms with Gasteiger partial charge in [-0.15, -0.1) is 0 Å². The molecule has 4 rings (SSSR count). The van der Waals surface area contributed by atoms with Gasteiger partial charge in [0.1, 0.15) is 0 Å². The van der Waals surface area contributed by atoms with Gasteiger partial charge in [0.15, 0.2) is 0 Å². The maximum Gasteiger partial charge on any atom is 0.263 e. The molecule has 4 nitrogen and oxygen atoms in total. The number of nitrogens with zero attached hydrogens (tertiary/aromatic N) is 1. The summed E-state index contributed by atoms with van der Waals surface area (Å²) < 4.78 is 0. The molecule has 0 saturated heterocycles. The van der Waals surface area contributed by atoms with Crippen molar-refractivity contribution >= 4 is 23.2 Å². The van der Waals surface area contributed by atoms with Crippen molar-refractivity contribution < 1.29 is 9.59 Å². The normalized spacial score (nSPS) is 13.0. The molecule has 1 heterocycles. The average molecular weight is 328 g/mol. The molecule has 0 aliphatic carbocycles. The molecule has 2 amide bonds. The first-order valence-electron chi connectivity index (χ1n) is 8.09. The Labute approximate surface area is 145 Å². The average Bonchev–Trinajstić information content (AvgIpc) is 2.89. The highest BCUT2D eigenvalue weighted by Crippen LogP contribution is 2.32. The molecule has 1 aliphatic rings. The van der Waals surface area contributed by atoms with E-state index in [9.17, 15) is 9.59 Å². The predicted molar refractivity (Wildman–Crippen MR) is 96.8 cm³/mol. The monoisotopic (exact) mass is 328 g/mol. The third-order valence-electron chi connectivity index (χ3n) is 4.24. The van der Waals surface area contributed by atoms with Crippen LogP contribution in [0, 0.1) is 0 Å². The second-order valence-corrected chi connectivity index (χ2v) is 5.90. The van der Waals surface area contributed by atoms with Crippen molar-refractivity contribution in [1.29, 1.82) is 0 Å². The minimum absolute atomic E-state index is 0.249. The number of fused-ring (bicyclic) bond motifs is 1. The predicted octanol–water partition coefficient (Wildman–Crippen LogP) is 4.23. The van der Waals surface area contributed by atoms with E-state index in [0.29, 0.717) is 16.8 Å². The van der Waals surface area contributed by atoms with E-state index in [2.05, 4.69) is 5.32 Å². The van der Waals surface area contributed by atoms with Crippen LogP contribution < -0.4 is 5.32 Å². The standard InChI is InChI=1S/C21H16N2O2/c24-20-17-12-7-13-18(22-16-10-5-2-6-11-16)19(17)21(25)23(20)14-15-8-3-1-4-9-15/h1-13,22H,14H2. The molecular formula is C21H16N2O2. The highest BCUT2D eigenvalue weighted by atomic mass is 16.2. The Kier molecular flexibility index (Phi) is 3.78. The van der Waals surface area contributed by atoms with E-state index in [4.69, 9.17) is 0 Å². The number of rotatable bonds is 4. The van der Waals surface area contributed by atoms with Crippen molar-refractivity contribution in [3.8, 4) is 0 Å². The Morgan fingerprint density at radius 1 is 0.720 bits per heavy atom. The molecule has 0 atom stereocenters. The van der Waals surface area contributed by atoms with Gasteiger partial charge in [-0.25, -0.2) is 0 Å². The Morgan fingerprint density at radius 2 is 1.40 bits per heavy atom. The van der Waals surface area contributed by atoms with Crippen LogP contribution in [-0.4, -0.2) is 16.7 Å². The van der Waals surface area contributed by atoms with Gasteiger partial charge in [-0.1, -0.05) is 54.6 Å². The molecule has 0 fully saturated rings. The smallest absolute Gasteiger partial charge is 0.263 e. The van der Waals surface area contributed by atoms with E-state index >= 15 is 0 Å². The number of benzene rings is 3. The molecule has 25 heavy (non-hydrogen) atoms. The number of hydrogen-bond donors (Lipinski definition) is 1. The minimum Gasteiger partial charge on any atom is -0.355 e. The molecule has 1 aliphatic heterocycles. The van der Waals surface area contributed by atoms with Crippen LogP contribution in [0.5, 0.6) is 0 Å². The fourth-order valence-electron chi connectivity index (χ4n) is 3.02. The van der Waals surface area contributed by atoms with Crippen molar-refractivity contribution in [3.05, 3.63) is 95.6 Å². The molecule has 0 radical (unpaired) electrons. The Hall–Kier alpha value is -3.40. The molecule has 0 spiro atoms. The molecular weight excluding hydrogens is 312 g/mol. The SMILES string of the molecule is O=C1c2cccc(Nc3ccccc3)c2C(=O)N1Cc1ccccc1. The van der Waals surface area contributed by atoms with Gasteiger partial charge in [0.05, 0.1) is 23.4 Å². The summed E-state index contributed by atoms with van der Waals surface area (Å²) >= 11 is 0. The van der Waals surface area contributed by atoms with E-state index in [1.807, 2.05) is 66.7 Å². The highest BCUT2D eigenvalue weighted by Gasteiger charge is 2.37. The summed E-state index contributed by atoms with van der Waals surface area (Å²) in [7, 11) is 0. The maximum absolute atomic E-state index is 12.9. The van der Waals surface area contributed by atoms with Crippen LogP contribution in [0.4, 0.5) is 11.4 Å². The van der Waals surface area contributed by atoms with Crippen LogP contribution in [0.1, 0.15) is 26.3 Å². The topological polar surface area (TPSA) is 49.4 Å². The lowest BCUT2D eigenvalue weighted by Gasteiger charge is -2.14. The number of imide groups is 1. The van der Waals surface area contributed by atoms with Gasteiger partial charge in [0.2, 0.25) is 0 Å². The summed E-state index contributed by atoms with van der Waals surface area (Å²) in [4.78, 5) is 26.9. The zero-order chi connectivity index (χ0) is 17.2. The summed E-state index contributed by atoms with van der Waals surface area (Å²) in [6.07, 6.45) is 0. The molecule has 4 heteroatoms. The number of carbonyl (C=O) groups is 2. The fourth-order valence-corrected chi connectivity index (χ4v) is 3.02. The number of anilines is 2. The third-order valence-corrected chi connectivity index (χ3v) is 4.24. The molecule has 0 unspecified atom stereocenters. The summed E-state index contributed by atoms with van der Waals surface area (Å²) in [6.45, 7) is 0.276. The molecule has 0 saturated carbocycles. The van der Waals surface area contributed by atoms with Crippen molar-refractivity contribution in [2.45, 2.75) is 6.54 Å². The van der Waals surface area contributed by atoms with Gasteiger partial charge in [-0.2, -0.15) is 0 Å². The first-order chi connectivity index (χ1) is 12.2. The second-order valence-electron chi connectivity index (χ2n) is 5.90. The Morgan fingerprint density at radius 3 is 2.12 bits per heavy atom. The van der Waals surface area contributed by atoms with Gasteiger partial charge >= 0.3 is 0 Å². The summed E-state index contributed by atoms with van der Waals surface area (Å²) in [5.41, 5.74) is 3.33. The first kappa shape index (κ1) is 15.1. The first-order valence-corrected chi connectivity index (χ1v) is 8.09. The van der Waals surface area contributed by atoms with Gasteiger partial charge in [-0.05, 0) is 29.8 Å². The van der Waals surface area contributed by atoms with E-state index in [1.54, 1.807) is 12.1 Å². The van der Waals surface area contributed by atoms with E-state index in [1.165, 1.54) is 4.90 Å². The molecule has 0 aromatic heterocycles. The number of carbonyl (C=O) groups excluding carboxylic acids is 2. The summed E-state index contributed by atoms with van der Waals surface area (Å²) in [5, 5.41) is 3.24. The van der Waals surface area contributed by atoms with Crippen LogP contribution in [0.2, 0.25) is 0 Å². The van der Waals surface area contributed by atoms with Crippen LogP contribution in [0.15, 0.2) is 78.9 Å². The Bertz CT molecular complexity index is 937. The van der Waals surface area contributed by atoms with E-state index in [-0.39, 0.29) is 18.4 Å². The molecule has 3 aromatic rings. The van der Waals surface area contributed by atoms with Crippen LogP contribution in [0.3, 0.4) is 0 Å². The third kappa shape index (κ3) is 2.78. The van der Waals surface area contributed by atoms with Gasteiger partial charge in [0.25, 0.3) is 11.8 Å². The van der Waals surface area contributed by atoms with E-state index < -0.39 is 0 Å². The number of para-hydroxylation sites is 1. The zero-order valence-electron chi connectivity index (χ0n) is 13.5. The zero-order valence-corrected chi connectivity index (χ0v) is 13.5. The van der Waals surface area contributed by atoms with Crippen molar-refractivity contribution in [2.75, 3.05) is 5.32 Å². The second kappa shape index (κ2) is 6.24.